The van der Waals surface area contributed by atoms with E-state index >= 15 is 0 Å². The first-order valence-corrected chi connectivity index (χ1v) is 9.43. The van der Waals surface area contributed by atoms with Gasteiger partial charge < -0.3 is 14.8 Å². The van der Waals surface area contributed by atoms with E-state index in [1.54, 1.807) is 7.11 Å². The highest BCUT2D eigenvalue weighted by Gasteiger charge is 2.07. The average molecular weight is 375 g/mol. The minimum atomic E-state index is -0.00107. The number of benzene rings is 3. The van der Waals surface area contributed by atoms with Gasteiger partial charge in [0.2, 0.25) is 5.91 Å². The van der Waals surface area contributed by atoms with E-state index in [4.69, 9.17) is 9.47 Å². The highest BCUT2D eigenvalue weighted by Crippen LogP contribution is 2.20. The molecule has 0 fully saturated rings. The van der Waals surface area contributed by atoms with Gasteiger partial charge in [0, 0.05) is 12.1 Å². The number of amides is 1. The van der Waals surface area contributed by atoms with Gasteiger partial charge in [0.15, 0.2) is 0 Å². The van der Waals surface area contributed by atoms with Gasteiger partial charge in [0.25, 0.3) is 0 Å². The largest absolute Gasteiger partial charge is 0.497 e. The van der Waals surface area contributed by atoms with Crippen molar-refractivity contribution in [2.75, 3.05) is 19.0 Å². The molecule has 1 N–H and O–H groups in total. The zero-order valence-electron chi connectivity index (χ0n) is 16.1. The topological polar surface area (TPSA) is 47.6 Å². The number of anilines is 1. The summed E-state index contributed by atoms with van der Waals surface area (Å²) in [4.78, 5) is 12.3. The van der Waals surface area contributed by atoms with Crippen LogP contribution in [0.25, 0.3) is 0 Å². The van der Waals surface area contributed by atoms with Gasteiger partial charge in [0.1, 0.15) is 11.5 Å². The third-order valence-corrected chi connectivity index (χ3v) is 4.41. The summed E-state index contributed by atoms with van der Waals surface area (Å²) in [5, 5.41) is 3.03. The van der Waals surface area contributed by atoms with Crippen LogP contribution in [0.1, 0.15) is 24.0 Å². The Morgan fingerprint density at radius 2 is 1.54 bits per heavy atom. The van der Waals surface area contributed by atoms with Crippen molar-refractivity contribution in [3.05, 3.63) is 90.0 Å². The molecule has 144 valence electrons. The van der Waals surface area contributed by atoms with E-state index in [9.17, 15) is 4.79 Å². The predicted octanol–water partition coefficient (Wildman–Crippen LogP) is 5.08. The summed E-state index contributed by atoms with van der Waals surface area (Å²) in [5.74, 6) is 1.56. The van der Waals surface area contributed by atoms with Crippen molar-refractivity contribution in [1.29, 1.82) is 0 Å². The van der Waals surface area contributed by atoms with Gasteiger partial charge in [0.05, 0.1) is 13.7 Å². The summed E-state index contributed by atoms with van der Waals surface area (Å²) in [6.45, 7) is 0.491. The maximum absolute atomic E-state index is 12.3. The van der Waals surface area contributed by atoms with E-state index in [0.29, 0.717) is 19.4 Å². The van der Waals surface area contributed by atoms with Gasteiger partial charge in [-0.3, -0.25) is 4.79 Å². The fraction of sp³-hybridized carbons (Fsp3) is 0.208. The number of hydrogen-bond donors (Lipinski definition) is 1. The van der Waals surface area contributed by atoms with Crippen LogP contribution < -0.4 is 14.8 Å². The van der Waals surface area contributed by atoms with Gasteiger partial charge >= 0.3 is 0 Å². The minimum Gasteiger partial charge on any atom is -0.497 e. The fourth-order valence-electron chi connectivity index (χ4n) is 2.92. The summed E-state index contributed by atoms with van der Waals surface area (Å²) >= 11 is 0. The van der Waals surface area contributed by atoms with Crippen molar-refractivity contribution < 1.29 is 14.3 Å². The van der Waals surface area contributed by atoms with Gasteiger partial charge in [-0.25, -0.2) is 0 Å². The molecule has 0 bridgehead atoms. The second-order valence-corrected chi connectivity index (χ2v) is 6.50. The summed E-state index contributed by atoms with van der Waals surface area (Å²) in [6, 6.07) is 25.6. The number of para-hydroxylation sites is 1. The Morgan fingerprint density at radius 1 is 0.857 bits per heavy atom. The molecule has 3 rings (SSSR count). The normalized spacial score (nSPS) is 10.3. The molecule has 0 aromatic heterocycles. The molecule has 0 unspecified atom stereocenters. The van der Waals surface area contributed by atoms with Crippen LogP contribution in [0.3, 0.4) is 0 Å². The fourth-order valence-corrected chi connectivity index (χ4v) is 2.92. The molecule has 1 amide bonds. The molecule has 0 saturated heterocycles. The molecule has 4 heteroatoms. The molecule has 3 aromatic carbocycles. The third-order valence-electron chi connectivity index (χ3n) is 4.41. The molecule has 0 heterocycles. The lowest BCUT2D eigenvalue weighted by Gasteiger charge is -2.12. The van der Waals surface area contributed by atoms with Crippen molar-refractivity contribution in [1.82, 2.24) is 0 Å². The second-order valence-electron chi connectivity index (χ2n) is 6.50. The third kappa shape index (κ3) is 5.88. The Balaban J connectivity index is 1.47. The van der Waals surface area contributed by atoms with Gasteiger partial charge in [-0.15, -0.1) is 0 Å². The first-order valence-electron chi connectivity index (χ1n) is 9.43. The molecule has 0 aliphatic rings. The zero-order chi connectivity index (χ0) is 19.6. The van der Waals surface area contributed by atoms with Crippen LogP contribution in [-0.4, -0.2) is 19.6 Å². The molecular weight excluding hydrogens is 350 g/mol. The van der Waals surface area contributed by atoms with Gasteiger partial charge in [-0.05, 0) is 54.3 Å². The molecule has 3 aromatic rings. The van der Waals surface area contributed by atoms with E-state index < -0.39 is 0 Å². The molecular formula is C24H25NO3. The van der Waals surface area contributed by atoms with E-state index in [2.05, 4.69) is 23.5 Å². The number of methoxy groups -OCH3 is 1. The Kier molecular flexibility index (Phi) is 7.08. The van der Waals surface area contributed by atoms with Crippen molar-refractivity contribution in [2.24, 2.45) is 0 Å². The number of rotatable bonds is 9. The summed E-state index contributed by atoms with van der Waals surface area (Å²) in [6.07, 6.45) is 1.85. The number of carbonyl (C=O) groups is 1. The van der Waals surface area contributed by atoms with Crippen LogP contribution in [0.15, 0.2) is 78.9 Å². The molecule has 0 spiro atoms. The lowest BCUT2D eigenvalue weighted by atomic mass is 10.0. The quantitative estimate of drug-likeness (QED) is 0.530. The molecule has 0 saturated carbocycles. The van der Waals surface area contributed by atoms with E-state index in [1.165, 1.54) is 5.56 Å². The molecule has 0 aliphatic carbocycles. The summed E-state index contributed by atoms with van der Waals surface area (Å²) in [5.41, 5.74) is 3.20. The van der Waals surface area contributed by atoms with E-state index in [-0.39, 0.29) is 5.91 Å². The highest BCUT2D eigenvalue weighted by molar-refractivity contribution is 5.91. The van der Waals surface area contributed by atoms with Crippen molar-refractivity contribution >= 4 is 11.6 Å². The smallest absolute Gasteiger partial charge is 0.224 e. The van der Waals surface area contributed by atoms with E-state index in [1.807, 2.05) is 60.7 Å². The lowest BCUT2D eigenvalue weighted by molar-refractivity contribution is -0.116. The first kappa shape index (κ1) is 19.5. The molecule has 0 atom stereocenters. The van der Waals surface area contributed by atoms with Crippen molar-refractivity contribution in [3.63, 3.8) is 0 Å². The number of hydrogen-bond acceptors (Lipinski definition) is 3. The average Bonchev–Trinajstić information content (AvgIpc) is 2.74. The summed E-state index contributed by atoms with van der Waals surface area (Å²) < 4.78 is 10.8. The first-order chi connectivity index (χ1) is 13.7. The predicted molar refractivity (Wildman–Crippen MR) is 112 cm³/mol. The van der Waals surface area contributed by atoms with Crippen LogP contribution in [0, 0.1) is 0 Å². The highest BCUT2D eigenvalue weighted by atomic mass is 16.5. The summed E-state index contributed by atoms with van der Waals surface area (Å²) in [7, 11) is 1.63. The molecule has 4 nitrogen and oxygen atoms in total. The molecule has 28 heavy (non-hydrogen) atoms. The van der Waals surface area contributed by atoms with Crippen LogP contribution in [-0.2, 0) is 11.2 Å². The molecule has 0 aliphatic heterocycles. The number of nitrogens with one attached hydrogen (secondary N) is 1. The standard InChI is InChI=1S/C24H25NO3/c1-27-21-13-15-22(16-14-21)28-17-7-12-24(26)25-23-11-6-5-10-20(23)18-19-8-3-2-4-9-19/h2-6,8-11,13-16H,7,12,17-18H2,1H3,(H,25,26). The lowest BCUT2D eigenvalue weighted by Crippen LogP contribution is -2.14. The minimum absolute atomic E-state index is 0.00107. The number of ether oxygens (including phenoxy) is 2. The molecule has 0 radical (unpaired) electrons. The maximum Gasteiger partial charge on any atom is 0.224 e. The van der Waals surface area contributed by atoms with Crippen LogP contribution in [0.2, 0.25) is 0 Å². The maximum atomic E-state index is 12.3. The Labute approximate surface area is 166 Å². The second kappa shape index (κ2) is 10.2. The van der Waals surface area contributed by atoms with Gasteiger partial charge in [-0.2, -0.15) is 0 Å². The van der Waals surface area contributed by atoms with Gasteiger partial charge in [-0.1, -0.05) is 48.5 Å². The van der Waals surface area contributed by atoms with Crippen LogP contribution in [0.5, 0.6) is 11.5 Å². The Bertz CT molecular complexity index is 876. The van der Waals surface area contributed by atoms with E-state index in [0.717, 1.165) is 29.2 Å². The monoisotopic (exact) mass is 375 g/mol. The van der Waals surface area contributed by atoms with Crippen LogP contribution >= 0.6 is 0 Å². The number of carbonyl (C=O) groups excluding carboxylic acids is 1. The zero-order valence-corrected chi connectivity index (χ0v) is 16.1. The Morgan fingerprint density at radius 3 is 2.29 bits per heavy atom. The van der Waals surface area contributed by atoms with Crippen molar-refractivity contribution in [3.8, 4) is 11.5 Å². The SMILES string of the molecule is COc1ccc(OCCCC(=O)Nc2ccccc2Cc2ccccc2)cc1. The Hall–Kier alpha value is -3.27. The van der Waals surface area contributed by atoms with Crippen LogP contribution in [0.4, 0.5) is 5.69 Å². The van der Waals surface area contributed by atoms with Crippen molar-refractivity contribution in [2.45, 2.75) is 19.3 Å².